The van der Waals surface area contributed by atoms with Crippen molar-refractivity contribution in [2.24, 2.45) is 0 Å². The van der Waals surface area contributed by atoms with Crippen LogP contribution in [0.3, 0.4) is 0 Å². The van der Waals surface area contributed by atoms with Crippen LogP contribution in [0.15, 0.2) is 42.5 Å². The molecule has 0 aliphatic rings. The lowest BCUT2D eigenvalue weighted by Gasteiger charge is -2.06. The number of methoxy groups -OCH3 is 1. The van der Waals surface area contributed by atoms with Crippen molar-refractivity contribution in [3.05, 3.63) is 64.3 Å². The Morgan fingerprint density at radius 3 is 2.68 bits per heavy atom. The summed E-state index contributed by atoms with van der Waals surface area (Å²) in [5.74, 6) is -0.280. The number of aromatic amines is 1. The summed E-state index contributed by atoms with van der Waals surface area (Å²) in [6.07, 6.45) is 0.843. The van der Waals surface area contributed by atoms with Crippen LogP contribution in [-0.2, 0) is 13.0 Å². The van der Waals surface area contributed by atoms with Crippen molar-refractivity contribution in [2.75, 3.05) is 13.7 Å². The smallest absolute Gasteiger partial charge is 0.352 e. The molecule has 3 aromatic rings. The van der Waals surface area contributed by atoms with Gasteiger partial charge in [-0.25, -0.2) is 4.79 Å². The van der Waals surface area contributed by atoms with Crippen LogP contribution in [0.4, 0.5) is 0 Å². The predicted octanol–water partition coefficient (Wildman–Crippen LogP) is 3.86. The molecule has 0 bridgehead atoms. The second kappa shape index (κ2) is 7.59. The highest BCUT2D eigenvalue weighted by Gasteiger charge is 2.17. The summed E-state index contributed by atoms with van der Waals surface area (Å²) in [6, 6.07) is 13.2. The van der Waals surface area contributed by atoms with Gasteiger partial charge in [-0.3, -0.25) is 0 Å². The molecule has 0 unspecified atom stereocenters. The fourth-order valence-electron chi connectivity index (χ4n) is 2.83. The van der Waals surface area contributed by atoms with Gasteiger partial charge in [-0.1, -0.05) is 23.7 Å². The number of benzene rings is 2. The quantitative estimate of drug-likeness (QED) is 0.561. The van der Waals surface area contributed by atoms with Crippen LogP contribution in [0.5, 0.6) is 5.75 Å². The molecule has 0 aliphatic heterocycles. The zero-order valence-corrected chi connectivity index (χ0v) is 14.6. The first-order valence-corrected chi connectivity index (χ1v) is 8.33. The van der Waals surface area contributed by atoms with Gasteiger partial charge in [0.1, 0.15) is 11.4 Å². The number of halogens is 1. The Labute approximate surface area is 150 Å². The van der Waals surface area contributed by atoms with Crippen molar-refractivity contribution >= 4 is 28.5 Å². The molecule has 0 amide bonds. The second-order valence-corrected chi connectivity index (χ2v) is 6.18. The van der Waals surface area contributed by atoms with E-state index in [2.05, 4.69) is 10.3 Å². The van der Waals surface area contributed by atoms with E-state index in [1.54, 1.807) is 13.2 Å². The maximum Gasteiger partial charge on any atom is 0.352 e. The summed E-state index contributed by atoms with van der Waals surface area (Å²) in [7, 11) is 1.58. The van der Waals surface area contributed by atoms with E-state index in [0.717, 1.165) is 34.5 Å². The zero-order valence-electron chi connectivity index (χ0n) is 13.8. The summed E-state index contributed by atoms with van der Waals surface area (Å²) in [6.45, 7) is 1.21. The highest BCUT2D eigenvalue weighted by atomic mass is 35.5. The summed E-state index contributed by atoms with van der Waals surface area (Å²) >= 11 is 5.88. The molecule has 6 heteroatoms. The van der Waals surface area contributed by atoms with Crippen molar-refractivity contribution in [1.29, 1.82) is 0 Å². The van der Waals surface area contributed by atoms with Crippen LogP contribution in [-0.4, -0.2) is 29.7 Å². The van der Waals surface area contributed by atoms with Gasteiger partial charge in [0.05, 0.1) is 12.6 Å². The molecule has 3 N–H and O–H groups in total. The van der Waals surface area contributed by atoms with Gasteiger partial charge in [0.25, 0.3) is 0 Å². The summed E-state index contributed by atoms with van der Waals surface area (Å²) in [4.78, 5) is 14.5. The lowest BCUT2D eigenvalue weighted by atomic mass is 10.1. The number of carbonyl (C=O) groups is 1. The van der Waals surface area contributed by atoms with Crippen LogP contribution in [0.2, 0.25) is 5.02 Å². The van der Waals surface area contributed by atoms with E-state index < -0.39 is 5.97 Å². The Kier molecular flexibility index (Phi) is 5.26. The maximum absolute atomic E-state index is 11.5. The van der Waals surface area contributed by atoms with Crippen molar-refractivity contribution in [3.8, 4) is 5.75 Å². The van der Waals surface area contributed by atoms with E-state index in [0.29, 0.717) is 12.3 Å². The average Bonchev–Trinajstić information content (AvgIpc) is 2.98. The van der Waals surface area contributed by atoms with E-state index in [1.807, 2.05) is 36.4 Å². The van der Waals surface area contributed by atoms with Gasteiger partial charge in [-0.15, -0.1) is 0 Å². The Hall–Kier alpha value is -2.50. The SMILES string of the molecule is COc1ccc2c(CNCCc3ccc(Cl)cc3)c(C(=O)O)[nH]c2c1. The first-order valence-electron chi connectivity index (χ1n) is 7.95. The number of ether oxygens (including phenoxy) is 1. The number of aromatic carboxylic acids is 1. The molecule has 130 valence electrons. The standard InChI is InChI=1S/C19H19ClN2O3/c1-25-14-6-7-15-16(18(19(23)24)22-17(15)10-14)11-21-9-8-12-2-4-13(20)5-3-12/h2-7,10,21-22H,8-9,11H2,1H3,(H,23,24). The van der Waals surface area contributed by atoms with Gasteiger partial charge in [0.2, 0.25) is 0 Å². The Morgan fingerprint density at radius 1 is 1.24 bits per heavy atom. The van der Waals surface area contributed by atoms with Crippen molar-refractivity contribution in [2.45, 2.75) is 13.0 Å². The minimum atomic E-state index is -0.968. The summed E-state index contributed by atoms with van der Waals surface area (Å²) < 4.78 is 5.20. The molecule has 2 aromatic carbocycles. The first-order chi connectivity index (χ1) is 12.1. The number of hydrogen-bond acceptors (Lipinski definition) is 3. The number of fused-ring (bicyclic) bond motifs is 1. The van der Waals surface area contributed by atoms with E-state index in [4.69, 9.17) is 16.3 Å². The minimum Gasteiger partial charge on any atom is -0.497 e. The molecule has 1 aromatic heterocycles. The van der Waals surface area contributed by atoms with E-state index in [9.17, 15) is 9.90 Å². The fourth-order valence-corrected chi connectivity index (χ4v) is 2.95. The molecule has 0 radical (unpaired) electrons. The van der Waals surface area contributed by atoms with Gasteiger partial charge in [0.15, 0.2) is 0 Å². The summed E-state index contributed by atoms with van der Waals surface area (Å²) in [5.41, 5.74) is 2.90. The zero-order chi connectivity index (χ0) is 17.8. The predicted molar refractivity (Wildman–Crippen MR) is 98.7 cm³/mol. The first kappa shape index (κ1) is 17.3. The van der Waals surface area contributed by atoms with E-state index >= 15 is 0 Å². The van der Waals surface area contributed by atoms with Crippen molar-refractivity contribution in [3.63, 3.8) is 0 Å². The molecular formula is C19H19ClN2O3. The molecule has 0 saturated carbocycles. The number of rotatable bonds is 7. The highest BCUT2D eigenvalue weighted by Crippen LogP contribution is 2.26. The lowest BCUT2D eigenvalue weighted by molar-refractivity contribution is 0.0690. The highest BCUT2D eigenvalue weighted by molar-refractivity contribution is 6.30. The number of carboxylic acids is 1. The van der Waals surface area contributed by atoms with E-state index in [1.165, 1.54) is 5.56 Å². The lowest BCUT2D eigenvalue weighted by Crippen LogP contribution is -2.18. The number of H-pyrrole nitrogens is 1. The Morgan fingerprint density at radius 2 is 2.00 bits per heavy atom. The molecule has 0 atom stereocenters. The van der Waals surface area contributed by atoms with Gasteiger partial charge >= 0.3 is 5.97 Å². The molecule has 0 fully saturated rings. The normalized spacial score (nSPS) is 11.0. The fraction of sp³-hybridized carbons (Fsp3) is 0.211. The second-order valence-electron chi connectivity index (χ2n) is 5.75. The molecule has 1 heterocycles. The van der Waals surface area contributed by atoms with Crippen LogP contribution in [0, 0.1) is 0 Å². The molecule has 25 heavy (non-hydrogen) atoms. The molecule has 0 spiro atoms. The molecular weight excluding hydrogens is 340 g/mol. The number of aromatic nitrogens is 1. The third-order valence-electron chi connectivity index (χ3n) is 4.13. The van der Waals surface area contributed by atoms with Crippen LogP contribution < -0.4 is 10.1 Å². The van der Waals surface area contributed by atoms with Crippen LogP contribution >= 0.6 is 11.6 Å². The number of carboxylic acid groups (broad SMARTS) is 1. The molecule has 5 nitrogen and oxygen atoms in total. The summed E-state index contributed by atoms with van der Waals surface area (Å²) in [5, 5.41) is 14.4. The maximum atomic E-state index is 11.5. The Bertz CT molecular complexity index is 888. The van der Waals surface area contributed by atoms with Gasteiger partial charge < -0.3 is 20.1 Å². The monoisotopic (exact) mass is 358 g/mol. The molecule has 3 rings (SSSR count). The van der Waals surface area contributed by atoms with E-state index in [-0.39, 0.29) is 5.69 Å². The van der Waals surface area contributed by atoms with Crippen molar-refractivity contribution < 1.29 is 14.6 Å². The minimum absolute atomic E-state index is 0.210. The largest absolute Gasteiger partial charge is 0.497 e. The van der Waals surface area contributed by atoms with Crippen LogP contribution in [0.1, 0.15) is 21.6 Å². The van der Waals surface area contributed by atoms with Gasteiger partial charge in [-0.05, 0) is 42.8 Å². The molecule has 0 saturated heterocycles. The van der Waals surface area contributed by atoms with Gasteiger partial charge in [-0.2, -0.15) is 0 Å². The average molecular weight is 359 g/mol. The van der Waals surface area contributed by atoms with Crippen molar-refractivity contribution in [1.82, 2.24) is 10.3 Å². The van der Waals surface area contributed by atoms with Gasteiger partial charge in [0, 0.05) is 28.6 Å². The number of nitrogens with one attached hydrogen (secondary N) is 2. The topological polar surface area (TPSA) is 74.3 Å². The third-order valence-corrected chi connectivity index (χ3v) is 4.38. The number of hydrogen-bond donors (Lipinski definition) is 3. The Balaban J connectivity index is 1.72. The molecule has 0 aliphatic carbocycles. The van der Waals surface area contributed by atoms with Crippen LogP contribution in [0.25, 0.3) is 10.9 Å². The third kappa shape index (κ3) is 3.95.